The first-order valence-corrected chi connectivity index (χ1v) is 5.46. The van der Waals surface area contributed by atoms with E-state index in [4.69, 9.17) is 10.5 Å². The van der Waals surface area contributed by atoms with Crippen LogP contribution in [0.4, 0.5) is 0 Å². The van der Waals surface area contributed by atoms with Crippen LogP contribution in [0.3, 0.4) is 0 Å². The van der Waals surface area contributed by atoms with E-state index in [0.29, 0.717) is 12.3 Å². The third-order valence-electron chi connectivity index (χ3n) is 2.44. The van der Waals surface area contributed by atoms with Crippen molar-refractivity contribution in [2.24, 2.45) is 5.73 Å². The van der Waals surface area contributed by atoms with E-state index in [1.54, 1.807) is 6.20 Å². The largest absolute Gasteiger partial charge is 0.454 e. The molecule has 4 nitrogen and oxygen atoms in total. The third kappa shape index (κ3) is 2.79. The Balaban J connectivity index is 2.19. The minimum Gasteiger partial charge on any atom is -0.454 e. The van der Waals surface area contributed by atoms with Crippen LogP contribution in [0.2, 0.25) is 0 Å². The molecular weight excluding hydrogens is 214 g/mol. The van der Waals surface area contributed by atoms with Crippen LogP contribution in [0.1, 0.15) is 17.1 Å². The highest BCUT2D eigenvalue weighted by Crippen LogP contribution is 2.23. The van der Waals surface area contributed by atoms with Crippen LogP contribution in [-0.4, -0.2) is 9.97 Å². The van der Waals surface area contributed by atoms with Crippen LogP contribution < -0.4 is 10.5 Å². The summed E-state index contributed by atoms with van der Waals surface area (Å²) in [5, 5.41) is 0. The molecule has 0 atom stereocenters. The number of rotatable bonds is 3. The van der Waals surface area contributed by atoms with Crippen molar-refractivity contribution in [1.29, 1.82) is 0 Å². The van der Waals surface area contributed by atoms with Crippen LogP contribution in [0, 0.1) is 13.8 Å². The maximum atomic E-state index is 5.70. The van der Waals surface area contributed by atoms with Crippen molar-refractivity contribution in [3.63, 3.8) is 0 Å². The summed E-state index contributed by atoms with van der Waals surface area (Å²) in [4.78, 5) is 8.36. The zero-order valence-electron chi connectivity index (χ0n) is 9.97. The maximum Gasteiger partial charge on any atom is 0.166 e. The second kappa shape index (κ2) is 4.93. The number of aryl methyl sites for hydroxylation is 2. The molecule has 0 fully saturated rings. The topological polar surface area (TPSA) is 61.0 Å². The van der Waals surface area contributed by atoms with Gasteiger partial charge in [-0.25, -0.2) is 9.97 Å². The van der Waals surface area contributed by atoms with E-state index in [0.717, 1.165) is 22.8 Å². The number of hydrogen-bond acceptors (Lipinski definition) is 4. The Labute approximate surface area is 100 Å². The zero-order chi connectivity index (χ0) is 12.3. The Hall–Kier alpha value is -1.94. The fourth-order valence-electron chi connectivity index (χ4n) is 1.49. The lowest BCUT2D eigenvalue weighted by Crippen LogP contribution is -1.97. The predicted octanol–water partition coefficient (Wildman–Crippen LogP) is 2.34. The van der Waals surface area contributed by atoms with Gasteiger partial charge in [-0.2, -0.15) is 0 Å². The molecule has 0 amide bonds. The molecule has 88 valence electrons. The molecule has 2 aromatic rings. The van der Waals surface area contributed by atoms with Crippen molar-refractivity contribution in [3.05, 3.63) is 47.5 Å². The summed E-state index contributed by atoms with van der Waals surface area (Å²) in [5.41, 5.74) is 7.44. The first kappa shape index (κ1) is 11.5. The molecule has 17 heavy (non-hydrogen) atoms. The molecule has 0 unspecified atom stereocenters. The summed E-state index contributed by atoms with van der Waals surface area (Å²) in [6, 6.07) is 7.67. The summed E-state index contributed by atoms with van der Waals surface area (Å²) >= 11 is 0. The average molecular weight is 229 g/mol. The van der Waals surface area contributed by atoms with E-state index in [-0.39, 0.29) is 0 Å². The van der Waals surface area contributed by atoms with E-state index < -0.39 is 0 Å². The van der Waals surface area contributed by atoms with Gasteiger partial charge in [-0.05, 0) is 31.5 Å². The minimum atomic E-state index is 0.535. The number of ether oxygens (including phenoxy) is 1. The number of nitrogens with two attached hydrogens (primary N) is 1. The van der Waals surface area contributed by atoms with E-state index in [1.165, 1.54) is 0 Å². The highest BCUT2D eigenvalue weighted by atomic mass is 16.5. The smallest absolute Gasteiger partial charge is 0.166 e. The minimum absolute atomic E-state index is 0.535. The van der Waals surface area contributed by atoms with E-state index in [2.05, 4.69) is 9.97 Å². The van der Waals surface area contributed by atoms with Crippen LogP contribution in [-0.2, 0) is 6.54 Å². The first-order chi connectivity index (χ1) is 8.19. The number of hydrogen-bond donors (Lipinski definition) is 1. The summed E-state index contributed by atoms with van der Waals surface area (Å²) < 4.78 is 5.70. The number of aromatic nitrogens is 2. The van der Waals surface area contributed by atoms with E-state index >= 15 is 0 Å². The number of benzene rings is 1. The van der Waals surface area contributed by atoms with Gasteiger partial charge >= 0.3 is 0 Å². The zero-order valence-corrected chi connectivity index (χ0v) is 9.97. The third-order valence-corrected chi connectivity index (χ3v) is 2.44. The Bertz CT molecular complexity index is 509. The Kier molecular flexibility index (Phi) is 3.35. The number of nitrogens with zero attached hydrogens (tertiary/aromatic N) is 2. The Morgan fingerprint density at radius 3 is 2.47 bits per heavy atom. The molecule has 0 saturated heterocycles. The second-order valence-electron chi connectivity index (χ2n) is 3.82. The molecule has 0 bridgehead atoms. The molecular formula is C13H15N3O. The Morgan fingerprint density at radius 1 is 1.18 bits per heavy atom. The van der Waals surface area contributed by atoms with Crippen LogP contribution in [0.25, 0.3) is 0 Å². The van der Waals surface area contributed by atoms with Crippen molar-refractivity contribution >= 4 is 0 Å². The van der Waals surface area contributed by atoms with Gasteiger partial charge in [0.25, 0.3) is 0 Å². The summed E-state index contributed by atoms with van der Waals surface area (Å²) in [5.74, 6) is 2.18. The normalized spacial score (nSPS) is 10.3. The van der Waals surface area contributed by atoms with Gasteiger partial charge < -0.3 is 10.5 Å². The molecule has 0 radical (unpaired) electrons. The predicted molar refractivity (Wildman–Crippen MR) is 65.9 cm³/mol. The molecule has 1 aromatic heterocycles. The fraction of sp³-hybridized carbons (Fsp3) is 0.231. The molecule has 0 saturated carbocycles. The maximum absolute atomic E-state index is 5.70. The van der Waals surface area contributed by atoms with Crippen molar-refractivity contribution in [1.82, 2.24) is 9.97 Å². The molecule has 0 aliphatic carbocycles. The lowest BCUT2D eigenvalue weighted by Gasteiger charge is -2.08. The van der Waals surface area contributed by atoms with Crippen LogP contribution in [0.5, 0.6) is 11.5 Å². The summed E-state index contributed by atoms with van der Waals surface area (Å²) in [6.45, 7) is 4.29. The molecule has 0 spiro atoms. The molecule has 2 N–H and O–H groups in total. The van der Waals surface area contributed by atoms with Gasteiger partial charge in [0.05, 0.1) is 11.9 Å². The monoisotopic (exact) mass is 229 g/mol. The van der Waals surface area contributed by atoms with Gasteiger partial charge in [-0.1, -0.05) is 12.1 Å². The quantitative estimate of drug-likeness (QED) is 0.877. The first-order valence-electron chi connectivity index (χ1n) is 5.46. The van der Waals surface area contributed by atoms with Crippen LogP contribution in [0.15, 0.2) is 30.5 Å². The van der Waals surface area contributed by atoms with Gasteiger partial charge in [0.2, 0.25) is 0 Å². The van der Waals surface area contributed by atoms with Gasteiger partial charge in [-0.15, -0.1) is 0 Å². The lowest BCUT2D eigenvalue weighted by molar-refractivity contribution is 0.471. The molecule has 0 aliphatic heterocycles. The highest BCUT2D eigenvalue weighted by molar-refractivity contribution is 5.33. The second-order valence-corrected chi connectivity index (χ2v) is 3.82. The Morgan fingerprint density at radius 2 is 1.88 bits per heavy atom. The van der Waals surface area contributed by atoms with Gasteiger partial charge in [0.15, 0.2) is 5.75 Å². The van der Waals surface area contributed by atoms with Gasteiger partial charge in [0, 0.05) is 6.54 Å². The van der Waals surface area contributed by atoms with Crippen molar-refractivity contribution < 1.29 is 4.74 Å². The molecule has 4 heteroatoms. The SMILES string of the molecule is Cc1ncc(Oc2ccc(CN)cc2)c(C)n1. The van der Waals surface area contributed by atoms with E-state index in [1.807, 2.05) is 38.1 Å². The van der Waals surface area contributed by atoms with Crippen molar-refractivity contribution in [2.75, 3.05) is 0 Å². The van der Waals surface area contributed by atoms with Gasteiger partial charge in [-0.3, -0.25) is 0 Å². The fourth-order valence-corrected chi connectivity index (χ4v) is 1.49. The average Bonchev–Trinajstić information content (AvgIpc) is 2.34. The molecule has 1 heterocycles. The van der Waals surface area contributed by atoms with E-state index in [9.17, 15) is 0 Å². The standard InChI is InChI=1S/C13H15N3O/c1-9-13(8-15-10(2)16-9)17-12-5-3-11(7-14)4-6-12/h3-6,8H,7,14H2,1-2H3. The molecule has 2 rings (SSSR count). The van der Waals surface area contributed by atoms with Crippen molar-refractivity contribution in [2.45, 2.75) is 20.4 Å². The summed E-state index contributed by atoms with van der Waals surface area (Å²) in [6.07, 6.45) is 1.69. The van der Waals surface area contributed by atoms with Gasteiger partial charge in [0.1, 0.15) is 11.6 Å². The van der Waals surface area contributed by atoms with Crippen molar-refractivity contribution in [3.8, 4) is 11.5 Å². The molecule has 1 aromatic carbocycles. The lowest BCUT2D eigenvalue weighted by atomic mass is 10.2. The van der Waals surface area contributed by atoms with Crippen LogP contribution >= 0.6 is 0 Å². The highest BCUT2D eigenvalue weighted by Gasteiger charge is 2.03. The summed E-state index contributed by atoms with van der Waals surface area (Å²) in [7, 11) is 0. The molecule has 0 aliphatic rings.